The number of aliphatic hydroxyl groups excluding tert-OH is 2. The summed E-state index contributed by atoms with van der Waals surface area (Å²) in [6, 6.07) is 0. The molecule has 2 N–H and O–H groups in total. The predicted molar refractivity (Wildman–Crippen MR) is 133 cm³/mol. The van der Waals surface area contributed by atoms with Gasteiger partial charge in [0, 0.05) is 6.61 Å². The number of hydrogen-bond acceptors (Lipinski definition) is 4. The van der Waals surface area contributed by atoms with Gasteiger partial charge in [-0.15, -0.1) is 0 Å². The zero-order chi connectivity index (χ0) is 23.7. The molecule has 4 nitrogen and oxygen atoms in total. The number of aliphatic hydroxyl groups is 2. The summed E-state index contributed by atoms with van der Waals surface area (Å²) in [5.74, 6) is 0. The topological polar surface area (TPSA) is 58.9 Å². The summed E-state index contributed by atoms with van der Waals surface area (Å²) in [6.07, 6.45) is 15.1. The van der Waals surface area contributed by atoms with Gasteiger partial charge in [0.15, 0.2) is 0 Å². The third kappa shape index (κ3) is 9.24. The minimum absolute atomic E-state index is 0.0957. The van der Waals surface area contributed by atoms with Gasteiger partial charge >= 0.3 is 0 Å². The maximum Gasteiger partial charge on any atom is 0.101 e. The first-order valence-corrected chi connectivity index (χ1v) is 13.5. The van der Waals surface area contributed by atoms with Crippen molar-refractivity contribution in [2.45, 2.75) is 124 Å². The highest BCUT2D eigenvalue weighted by atomic mass is 16.5. The first-order valence-electron chi connectivity index (χ1n) is 13.5. The second-order valence-electron chi connectivity index (χ2n) is 12.9. The van der Waals surface area contributed by atoms with E-state index in [-0.39, 0.29) is 16.2 Å². The van der Waals surface area contributed by atoms with Crippen molar-refractivity contribution < 1.29 is 19.7 Å². The highest BCUT2D eigenvalue weighted by molar-refractivity contribution is 4.84. The first-order chi connectivity index (χ1) is 15.1. The molecule has 0 heterocycles. The Balaban J connectivity index is 1.64. The summed E-state index contributed by atoms with van der Waals surface area (Å²) < 4.78 is 12.0. The molecule has 2 saturated carbocycles. The molecule has 0 aromatic rings. The average molecular weight is 455 g/mol. The molecule has 2 fully saturated rings. The summed E-state index contributed by atoms with van der Waals surface area (Å²) in [5, 5.41) is 20.1. The molecule has 2 aliphatic carbocycles. The molecular weight excluding hydrogens is 400 g/mol. The van der Waals surface area contributed by atoms with Gasteiger partial charge in [0.1, 0.15) is 6.10 Å². The minimum Gasteiger partial charge on any atom is -0.396 e. The van der Waals surface area contributed by atoms with Crippen LogP contribution in [0.1, 0.15) is 118 Å². The number of ether oxygens (including phenoxy) is 2. The zero-order valence-electron chi connectivity index (χ0n) is 22.0. The van der Waals surface area contributed by atoms with Crippen molar-refractivity contribution in [3.8, 4) is 0 Å². The Morgan fingerprint density at radius 3 is 1.31 bits per heavy atom. The molecule has 0 aliphatic heterocycles. The van der Waals surface area contributed by atoms with Gasteiger partial charge in [0.05, 0.1) is 26.4 Å². The molecular formula is C28H54O4. The van der Waals surface area contributed by atoms with Gasteiger partial charge < -0.3 is 19.7 Å². The molecule has 0 aromatic carbocycles. The highest BCUT2D eigenvalue weighted by Gasteiger charge is 2.33. The third-order valence-corrected chi connectivity index (χ3v) is 9.00. The Labute approximate surface area is 198 Å². The van der Waals surface area contributed by atoms with Gasteiger partial charge in [-0.2, -0.15) is 0 Å². The van der Waals surface area contributed by atoms with Gasteiger partial charge in [-0.05, 0) is 73.0 Å². The van der Waals surface area contributed by atoms with Crippen LogP contribution in [0.4, 0.5) is 0 Å². The SMILES string of the molecule is CCC1(C)CCCC(C)(COCC(O)COCC2(C)CCCC(C)(CO)CCC2)CCC1. The van der Waals surface area contributed by atoms with Crippen molar-refractivity contribution >= 4 is 0 Å². The normalized spacial score (nSPS) is 38.3. The van der Waals surface area contributed by atoms with E-state index in [0.29, 0.717) is 31.8 Å². The van der Waals surface area contributed by atoms with Crippen molar-refractivity contribution in [2.24, 2.45) is 21.7 Å². The average Bonchev–Trinajstić information content (AvgIpc) is 2.71. The van der Waals surface area contributed by atoms with E-state index in [1.54, 1.807) is 0 Å². The van der Waals surface area contributed by atoms with Crippen LogP contribution in [0.5, 0.6) is 0 Å². The van der Waals surface area contributed by atoms with E-state index >= 15 is 0 Å². The lowest BCUT2D eigenvalue weighted by Gasteiger charge is -2.37. The Kier molecular flexibility index (Phi) is 11.0. The third-order valence-electron chi connectivity index (χ3n) is 9.00. The van der Waals surface area contributed by atoms with E-state index in [9.17, 15) is 10.2 Å². The highest BCUT2D eigenvalue weighted by Crippen LogP contribution is 2.42. The van der Waals surface area contributed by atoms with Crippen LogP contribution in [0.25, 0.3) is 0 Å². The van der Waals surface area contributed by atoms with Crippen LogP contribution < -0.4 is 0 Å². The largest absolute Gasteiger partial charge is 0.396 e. The van der Waals surface area contributed by atoms with Crippen molar-refractivity contribution in [1.29, 1.82) is 0 Å². The van der Waals surface area contributed by atoms with Crippen molar-refractivity contribution in [3.63, 3.8) is 0 Å². The lowest BCUT2D eigenvalue weighted by Crippen LogP contribution is -2.32. The summed E-state index contributed by atoms with van der Waals surface area (Å²) in [4.78, 5) is 0. The predicted octanol–water partition coefficient (Wildman–Crippen LogP) is 6.52. The fourth-order valence-corrected chi connectivity index (χ4v) is 6.00. The number of hydrogen-bond donors (Lipinski definition) is 2. The molecule has 0 saturated heterocycles. The molecule has 190 valence electrons. The van der Waals surface area contributed by atoms with Crippen molar-refractivity contribution in [2.75, 3.05) is 33.0 Å². The first kappa shape index (κ1) is 28.1. The van der Waals surface area contributed by atoms with Gasteiger partial charge in [-0.1, -0.05) is 66.7 Å². The zero-order valence-corrected chi connectivity index (χ0v) is 22.0. The lowest BCUT2D eigenvalue weighted by atomic mass is 9.70. The summed E-state index contributed by atoms with van der Waals surface area (Å²) in [6.45, 7) is 14.1. The monoisotopic (exact) mass is 454 g/mol. The minimum atomic E-state index is -0.551. The fraction of sp³-hybridized carbons (Fsp3) is 1.00. The van der Waals surface area contributed by atoms with Crippen molar-refractivity contribution in [1.82, 2.24) is 0 Å². The van der Waals surface area contributed by atoms with E-state index < -0.39 is 6.10 Å². The van der Waals surface area contributed by atoms with Gasteiger partial charge in [0.25, 0.3) is 0 Å². The van der Waals surface area contributed by atoms with E-state index in [1.807, 2.05) is 0 Å². The molecule has 0 amide bonds. The molecule has 0 radical (unpaired) electrons. The van der Waals surface area contributed by atoms with Crippen LogP contribution in [0.2, 0.25) is 0 Å². The van der Waals surface area contributed by atoms with Crippen molar-refractivity contribution in [3.05, 3.63) is 0 Å². The Morgan fingerprint density at radius 1 is 0.625 bits per heavy atom. The molecule has 4 heteroatoms. The summed E-state index contributed by atoms with van der Waals surface area (Å²) >= 11 is 0. The molecule has 0 bridgehead atoms. The van der Waals surface area contributed by atoms with Gasteiger partial charge in [-0.3, -0.25) is 0 Å². The lowest BCUT2D eigenvalue weighted by molar-refractivity contribution is -0.0595. The quantitative estimate of drug-likeness (QED) is 0.395. The Morgan fingerprint density at radius 2 is 0.969 bits per heavy atom. The fourth-order valence-electron chi connectivity index (χ4n) is 6.00. The molecule has 0 aromatic heterocycles. The Bertz CT molecular complexity index is 466. The van der Waals surface area contributed by atoms with E-state index in [4.69, 9.17) is 9.47 Å². The molecule has 1 unspecified atom stereocenters. The van der Waals surface area contributed by atoms with Crippen LogP contribution in [0.15, 0.2) is 0 Å². The maximum atomic E-state index is 10.4. The van der Waals surface area contributed by atoms with Gasteiger partial charge in [0.2, 0.25) is 0 Å². The number of rotatable bonds is 10. The van der Waals surface area contributed by atoms with Crippen LogP contribution in [0, 0.1) is 21.7 Å². The standard InChI is InChI=1S/C28H54O4/c1-6-25(2)11-7-15-27(4,16-8-12-25)22-31-19-24(30)20-32-23-28(5)17-9-13-26(3,21-29)14-10-18-28/h24,29-30H,6-23H2,1-5H3. The maximum absolute atomic E-state index is 10.4. The second kappa shape index (κ2) is 12.5. The molecule has 0 spiro atoms. The van der Waals surface area contributed by atoms with Crippen LogP contribution in [0.3, 0.4) is 0 Å². The van der Waals surface area contributed by atoms with E-state index in [1.165, 1.54) is 44.9 Å². The molecule has 2 aliphatic rings. The van der Waals surface area contributed by atoms with Gasteiger partial charge in [-0.25, -0.2) is 0 Å². The van der Waals surface area contributed by atoms with Crippen LogP contribution in [-0.2, 0) is 9.47 Å². The van der Waals surface area contributed by atoms with Crippen LogP contribution in [-0.4, -0.2) is 49.4 Å². The van der Waals surface area contributed by atoms with E-state index in [0.717, 1.165) is 45.1 Å². The summed E-state index contributed by atoms with van der Waals surface area (Å²) in [5.41, 5.74) is 1.04. The summed E-state index contributed by atoms with van der Waals surface area (Å²) in [7, 11) is 0. The Hall–Kier alpha value is -0.160. The van der Waals surface area contributed by atoms with Crippen LogP contribution >= 0.6 is 0 Å². The molecule has 1 atom stereocenters. The van der Waals surface area contributed by atoms with E-state index in [2.05, 4.69) is 34.6 Å². The molecule has 32 heavy (non-hydrogen) atoms. The smallest absolute Gasteiger partial charge is 0.101 e. The second-order valence-corrected chi connectivity index (χ2v) is 12.9. The molecule has 2 rings (SSSR count).